The monoisotopic (exact) mass is 128 g/mol. The summed E-state index contributed by atoms with van der Waals surface area (Å²) in [5, 5.41) is 8.49. The molecule has 1 N–H and O–H groups in total. The SMILES string of the molecule is C[C@H]1C=C(CO)C(=O)O1. The molecule has 0 saturated heterocycles. The number of carbonyl (C=O) groups excluding carboxylic acids is 1. The molecule has 0 aromatic rings. The van der Waals surface area contributed by atoms with Crippen LogP contribution in [0.2, 0.25) is 0 Å². The van der Waals surface area contributed by atoms with Gasteiger partial charge in [0.25, 0.3) is 0 Å². The van der Waals surface area contributed by atoms with Crippen molar-refractivity contribution in [3.05, 3.63) is 11.6 Å². The molecule has 0 spiro atoms. The molecule has 1 aliphatic rings. The number of rotatable bonds is 1. The van der Waals surface area contributed by atoms with Crippen molar-refractivity contribution < 1.29 is 14.6 Å². The van der Waals surface area contributed by atoms with Crippen molar-refractivity contribution in [3.63, 3.8) is 0 Å². The zero-order valence-electron chi connectivity index (χ0n) is 5.13. The van der Waals surface area contributed by atoms with Crippen molar-refractivity contribution in [1.82, 2.24) is 0 Å². The fraction of sp³-hybridized carbons (Fsp3) is 0.500. The van der Waals surface area contributed by atoms with E-state index in [4.69, 9.17) is 5.11 Å². The molecule has 1 aliphatic heterocycles. The van der Waals surface area contributed by atoms with Gasteiger partial charge in [-0.15, -0.1) is 0 Å². The molecule has 0 aromatic heterocycles. The lowest BCUT2D eigenvalue weighted by Gasteiger charge is -1.96. The van der Waals surface area contributed by atoms with Gasteiger partial charge >= 0.3 is 5.97 Å². The molecule has 0 saturated carbocycles. The van der Waals surface area contributed by atoms with E-state index in [0.717, 1.165) is 0 Å². The molecule has 1 rings (SSSR count). The average molecular weight is 128 g/mol. The second kappa shape index (κ2) is 2.19. The van der Waals surface area contributed by atoms with E-state index in [1.807, 2.05) is 0 Å². The lowest BCUT2D eigenvalue weighted by Crippen LogP contribution is -2.05. The fourth-order valence-corrected chi connectivity index (χ4v) is 0.747. The van der Waals surface area contributed by atoms with E-state index in [-0.39, 0.29) is 12.7 Å². The maximum Gasteiger partial charge on any atom is 0.336 e. The lowest BCUT2D eigenvalue weighted by atomic mass is 10.2. The molecule has 0 bridgehead atoms. The fourth-order valence-electron chi connectivity index (χ4n) is 0.747. The smallest absolute Gasteiger partial charge is 0.336 e. The topological polar surface area (TPSA) is 46.5 Å². The Morgan fingerprint density at radius 2 is 2.56 bits per heavy atom. The van der Waals surface area contributed by atoms with Crippen LogP contribution >= 0.6 is 0 Å². The van der Waals surface area contributed by atoms with Gasteiger partial charge in [-0.3, -0.25) is 0 Å². The Balaban J connectivity index is 2.68. The standard InChI is InChI=1S/C6H8O3/c1-4-2-5(3-7)6(8)9-4/h2,4,7H,3H2,1H3/t4-/m0/s1. The van der Waals surface area contributed by atoms with Gasteiger partial charge in [-0.2, -0.15) is 0 Å². The molecule has 0 unspecified atom stereocenters. The highest BCUT2D eigenvalue weighted by Gasteiger charge is 2.20. The average Bonchev–Trinajstić information content (AvgIpc) is 2.10. The Bertz CT molecular complexity index is 160. The molecule has 1 heterocycles. The van der Waals surface area contributed by atoms with Crippen molar-refractivity contribution >= 4 is 5.97 Å². The van der Waals surface area contributed by atoms with E-state index >= 15 is 0 Å². The number of esters is 1. The van der Waals surface area contributed by atoms with E-state index < -0.39 is 5.97 Å². The van der Waals surface area contributed by atoms with Gasteiger partial charge in [0.2, 0.25) is 0 Å². The number of ether oxygens (including phenoxy) is 1. The first kappa shape index (κ1) is 6.29. The highest BCUT2D eigenvalue weighted by atomic mass is 16.5. The molecule has 0 amide bonds. The summed E-state index contributed by atoms with van der Waals surface area (Å²) in [6, 6.07) is 0. The highest BCUT2D eigenvalue weighted by Crippen LogP contribution is 2.11. The first-order valence-corrected chi connectivity index (χ1v) is 2.76. The first-order chi connectivity index (χ1) is 4.24. The van der Waals surface area contributed by atoms with Crippen LogP contribution in [0.25, 0.3) is 0 Å². The summed E-state index contributed by atoms with van der Waals surface area (Å²) in [6.07, 6.45) is 1.45. The quantitative estimate of drug-likeness (QED) is 0.499. The third-order valence-corrected chi connectivity index (χ3v) is 1.16. The number of aliphatic hydroxyl groups excluding tert-OH is 1. The van der Waals surface area contributed by atoms with Gasteiger partial charge in [0.1, 0.15) is 6.10 Å². The van der Waals surface area contributed by atoms with Crippen molar-refractivity contribution in [2.24, 2.45) is 0 Å². The van der Waals surface area contributed by atoms with Crippen LogP contribution in [-0.4, -0.2) is 23.8 Å². The van der Waals surface area contributed by atoms with Gasteiger partial charge in [-0.1, -0.05) is 0 Å². The number of cyclic esters (lactones) is 1. The third-order valence-electron chi connectivity index (χ3n) is 1.16. The minimum absolute atomic E-state index is 0.167. The van der Waals surface area contributed by atoms with Gasteiger partial charge in [0, 0.05) is 0 Å². The Labute approximate surface area is 52.9 Å². The van der Waals surface area contributed by atoms with E-state index in [1.165, 1.54) is 0 Å². The van der Waals surface area contributed by atoms with Crippen LogP contribution in [0.15, 0.2) is 11.6 Å². The molecular formula is C6H8O3. The van der Waals surface area contributed by atoms with E-state index in [1.54, 1.807) is 13.0 Å². The molecule has 0 fully saturated rings. The zero-order chi connectivity index (χ0) is 6.85. The zero-order valence-corrected chi connectivity index (χ0v) is 5.13. The molecule has 9 heavy (non-hydrogen) atoms. The number of carbonyl (C=O) groups is 1. The van der Waals surface area contributed by atoms with Crippen LogP contribution in [0.5, 0.6) is 0 Å². The Hall–Kier alpha value is -0.830. The number of aliphatic hydroxyl groups is 1. The molecule has 1 atom stereocenters. The maximum atomic E-state index is 10.6. The summed E-state index contributed by atoms with van der Waals surface area (Å²) >= 11 is 0. The minimum atomic E-state index is -0.398. The summed E-state index contributed by atoms with van der Waals surface area (Å²) in [5.41, 5.74) is 0.363. The van der Waals surface area contributed by atoms with Gasteiger partial charge in [-0.25, -0.2) is 4.79 Å². The van der Waals surface area contributed by atoms with Crippen molar-refractivity contribution in [2.75, 3.05) is 6.61 Å². The molecule has 0 aromatic carbocycles. The maximum absolute atomic E-state index is 10.6. The summed E-state index contributed by atoms with van der Waals surface area (Å²) in [6.45, 7) is 1.53. The van der Waals surface area contributed by atoms with E-state index in [9.17, 15) is 4.79 Å². The lowest BCUT2D eigenvalue weighted by molar-refractivity contribution is -0.139. The molecule has 3 heteroatoms. The van der Waals surface area contributed by atoms with Crippen molar-refractivity contribution in [3.8, 4) is 0 Å². The van der Waals surface area contributed by atoms with Gasteiger partial charge in [0.05, 0.1) is 12.2 Å². The first-order valence-electron chi connectivity index (χ1n) is 2.76. The van der Waals surface area contributed by atoms with Gasteiger partial charge in [-0.05, 0) is 13.0 Å². The predicted molar refractivity (Wildman–Crippen MR) is 30.7 cm³/mol. The molecule has 0 radical (unpaired) electrons. The van der Waals surface area contributed by atoms with E-state index in [2.05, 4.69) is 4.74 Å². The largest absolute Gasteiger partial charge is 0.455 e. The van der Waals surface area contributed by atoms with Gasteiger partial charge < -0.3 is 9.84 Å². The summed E-state index contributed by atoms with van der Waals surface area (Å²) in [7, 11) is 0. The van der Waals surface area contributed by atoms with Crippen molar-refractivity contribution in [1.29, 1.82) is 0 Å². The highest BCUT2D eigenvalue weighted by molar-refractivity contribution is 5.91. The van der Waals surface area contributed by atoms with Crippen LogP contribution < -0.4 is 0 Å². The Morgan fingerprint density at radius 1 is 1.89 bits per heavy atom. The molecular weight excluding hydrogens is 120 g/mol. The van der Waals surface area contributed by atoms with Crippen LogP contribution in [0.4, 0.5) is 0 Å². The van der Waals surface area contributed by atoms with Crippen LogP contribution in [0, 0.1) is 0 Å². The minimum Gasteiger partial charge on any atom is -0.455 e. The Morgan fingerprint density at radius 3 is 2.78 bits per heavy atom. The second-order valence-corrected chi connectivity index (χ2v) is 1.96. The summed E-state index contributed by atoms with van der Waals surface area (Å²) < 4.78 is 4.67. The normalized spacial score (nSPS) is 25.8. The third kappa shape index (κ3) is 1.10. The Kier molecular flexibility index (Phi) is 1.53. The van der Waals surface area contributed by atoms with E-state index in [0.29, 0.717) is 5.57 Å². The van der Waals surface area contributed by atoms with Crippen LogP contribution in [0.1, 0.15) is 6.92 Å². The molecule has 3 nitrogen and oxygen atoms in total. The number of hydrogen-bond donors (Lipinski definition) is 1. The van der Waals surface area contributed by atoms with Gasteiger partial charge in [0.15, 0.2) is 0 Å². The van der Waals surface area contributed by atoms with Crippen LogP contribution in [0.3, 0.4) is 0 Å². The molecule has 0 aliphatic carbocycles. The summed E-state index contributed by atoms with van der Waals surface area (Å²) in [4.78, 5) is 10.6. The van der Waals surface area contributed by atoms with Crippen molar-refractivity contribution in [2.45, 2.75) is 13.0 Å². The molecule has 50 valence electrons. The summed E-state index contributed by atoms with van der Waals surface area (Å²) in [5.74, 6) is -0.398. The predicted octanol–water partition coefficient (Wildman–Crippen LogP) is -0.150. The number of hydrogen-bond acceptors (Lipinski definition) is 3. The second-order valence-electron chi connectivity index (χ2n) is 1.96. The van der Waals surface area contributed by atoms with Crippen LogP contribution in [-0.2, 0) is 9.53 Å².